The van der Waals surface area contributed by atoms with Gasteiger partial charge in [-0.3, -0.25) is 9.36 Å². The van der Waals surface area contributed by atoms with E-state index < -0.39 is 17.1 Å². The lowest BCUT2D eigenvalue weighted by molar-refractivity contribution is 0.386. The first-order valence-corrected chi connectivity index (χ1v) is 9.73. The van der Waals surface area contributed by atoms with Gasteiger partial charge in [0.2, 0.25) is 5.58 Å². The van der Waals surface area contributed by atoms with Crippen molar-refractivity contribution in [3.8, 4) is 28.8 Å². The molecule has 0 amide bonds. The van der Waals surface area contributed by atoms with Crippen molar-refractivity contribution >= 4 is 22.7 Å². The molecular formula is C21H15ClFN5O4. The van der Waals surface area contributed by atoms with Crippen molar-refractivity contribution in [3.63, 3.8) is 0 Å². The van der Waals surface area contributed by atoms with Gasteiger partial charge < -0.3 is 9.15 Å². The number of nitrogens with zero attached hydrogens (tertiary/aromatic N) is 5. The van der Waals surface area contributed by atoms with Crippen LogP contribution in [0.3, 0.4) is 0 Å². The zero-order valence-corrected chi connectivity index (χ0v) is 17.7. The lowest BCUT2D eigenvalue weighted by Gasteiger charge is -2.10. The van der Waals surface area contributed by atoms with Crippen LogP contribution in [0.15, 0.2) is 44.5 Å². The van der Waals surface area contributed by atoms with Crippen LogP contribution in [0.5, 0.6) is 5.75 Å². The normalized spacial score (nSPS) is 11.0. The van der Waals surface area contributed by atoms with Gasteiger partial charge in [-0.2, -0.15) is 15.5 Å². The summed E-state index contributed by atoms with van der Waals surface area (Å²) in [6.07, 6.45) is 1.30. The first kappa shape index (κ1) is 21.3. The van der Waals surface area contributed by atoms with E-state index in [1.807, 2.05) is 6.07 Å². The third-order valence-corrected chi connectivity index (χ3v) is 5.11. The molecule has 0 bridgehead atoms. The summed E-state index contributed by atoms with van der Waals surface area (Å²) in [6, 6.07) is 7.36. The molecule has 0 aliphatic carbocycles. The minimum Gasteiger partial charge on any atom is -0.494 e. The highest BCUT2D eigenvalue weighted by molar-refractivity contribution is 6.33. The highest BCUT2D eigenvalue weighted by Gasteiger charge is 2.22. The zero-order valence-electron chi connectivity index (χ0n) is 16.9. The van der Waals surface area contributed by atoms with E-state index in [9.17, 15) is 14.0 Å². The maximum absolute atomic E-state index is 14.0. The molecule has 32 heavy (non-hydrogen) atoms. The smallest absolute Gasteiger partial charge is 0.336 e. The van der Waals surface area contributed by atoms with E-state index in [0.717, 1.165) is 10.6 Å². The first-order valence-electron chi connectivity index (χ1n) is 9.35. The van der Waals surface area contributed by atoms with E-state index in [2.05, 4.69) is 10.2 Å². The first-order chi connectivity index (χ1) is 15.3. The third kappa shape index (κ3) is 3.52. The number of aryl methyl sites for hydroxylation is 2. The zero-order chi connectivity index (χ0) is 23.0. The maximum Gasteiger partial charge on any atom is 0.336 e. The Balaban J connectivity index is 2.05. The minimum absolute atomic E-state index is 0.0169. The molecule has 0 saturated heterocycles. The van der Waals surface area contributed by atoms with Crippen molar-refractivity contribution in [2.45, 2.75) is 19.9 Å². The van der Waals surface area contributed by atoms with Gasteiger partial charge in [-0.25, -0.2) is 13.8 Å². The fraction of sp³-hybridized carbons (Fsp3) is 0.190. The quantitative estimate of drug-likeness (QED) is 0.453. The molecule has 0 aliphatic rings. The van der Waals surface area contributed by atoms with E-state index in [4.69, 9.17) is 26.0 Å². The van der Waals surface area contributed by atoms with E-state index in [-0.39, 0.29) is 51.8 Å². The summed E-state index contributed by atoms with van der Waals surface area (Å²) < 4.78 is 26.9. The number of halogens is 2. The number of rotatable bonds is 5. The summed E-state index contributed by atoms with van der Waals surface area (Å²) in [5, 5.41) is 16.7. The van der Waals surface area contributed by atoms with Gasteiger partial charge in [0.25, 0.3) is 0 Å². The van der Waals surface area contributed by atoms with E-state index in [1.54, 1.807) is 6.92 Å². The van der Waals surface area contributed by atoms with Crippen LogP contribution < -0.4 is 16.0 Å². The van der Waals surface area contributed by atoms with Gasteiger partial charge in [0.1, 0.15) is 5.76 Å². The molecule has 0 atom stereocenters. The number of ether oxygens (including phenoxy) is 1. The van der Waals surface area contributed by atoms with E-state index in [0.29, 0.717) is 5.69 Å². The van der Waals surface area contributed by atoms with Gasteiger partial charge in [-0.1, -0.05) is 11.6 Å². The van der Waals surface area contributed by atoms with Crippen LogP contribution >= 0.6 is 11.6 Å². The van der Waals surface area contributed by atoms with Crippen molar-refractivity contribution in [3.05, 3.63) is 67.8 Å². The Hall–Kier alpha value is -3.97. The standard InChI is InChI=1S/C21H15ClFN5O4/c1-11-6-12(10-25-26-11)28-20(29)19-16(27(21(28)30)5-3-4-24)9-17(32-19)13-7-18(31-2)15(23)8-14(13)22/h6-10H,3,5H2,1-2H3. The number of nitriles is 1. The van der Waals surface area contributed by atoms with Crippen LogP contribution in [0.1, 0.15) is 12.1 Å². The van der Waals surface area contributed by atoms with Crippen LogP contribution in [0, 0.1) is 24.1 Å². The second kappa shape index (κ2) is 8.28. The largest absolute Gasteiger partial charge is 0.494 e. The molecular weight excluding hydrogens is 441 g/mol. The summed E-state index contributed by atoms with van der Waals surface area (Å²) in [5.41, 5.74) is -0.358. The van der Waals surface area contributed by atoms with Crippen molar-refractivity contribution in [2.75, 3.05) is 7.11 Å². The predicted octanol–water partition coefficient (Wildman–Crippen LogP) is 3.23. The molecule has 0 spiro atoms. The summed E-state index contributed by atoms with van der Waals surface area (Å²) in [5.74, 6) is -0.596. The molecule has 1 aromatic carbocycles. The van der Waals surface area contributed by atoms with E-state index in [1.165, 1.54) is 36.1 Å². The molecule has 0 aliphatic heterocycles. The fourth-order valence-corrected chi connectivity index (χ4v) is 3.58. The predicted molar refractivity (Wildman–Crippen MR) is 114 cm³/mol. The average Bonchev–Trinajstić information content (AvgIpc) is 3.19. The molecule has 3 aromatic heterocycles. The van der Waals surface area contributed by atoms with Gasteiger partial charge in [-0.15, -0.1) is 0 Å². The molecule has 0 radical (unpaired) electrons. The number of hydrogen-bond donors (Lipinski definition) is 0. The molecule has 11 heteroatoms. The Labute approximate surface area is 184 Å². The molecule has 0 unspecified atom stereocenters. The van der Waals surface area contributed by atoms with Crippen molar-refractivity contribution < 1.29 is 13.5 Å². The van der Waals surface area contributed by atoms with E-state index >= 15 is 0 Å². The summed E-state index contributed by atoms with van der Waals surface area (Å²) >= 11 is 6.19. The van der Waals surface area contributed by atoms with Crippen molar-refractivity contribution in [2.24, 2.45) is 0 Å². The third-order valence-electron chi connectivity index (χ3n) is 4.80. The Morgan fingerprint density at radius 1 is 1.28 bits per heavy atom. The number of methoxy groups -OCH3 is 1. The monoisotopic (exact) mass is 455 g/mol. The molecule has 3 heterocycles. The Morgan fingerprint density at radius 3 is 2.75 bits per heavy atom. The maximum atomic E-state index is 14.0. The Kier molecular flexibility index (Phi) is 5.50. The number of fused-ring (bicyclic) bond motifs is 1. The van der Waals surface area contributed by atoms with Gasteiger partial charge in [0, 0.05) is 18.2 Å². The molecule has 0 N–H and O–H groups in total. The lowest BCUT2D eigenvalue weighted by atomic mass is 10.1. The molecule has 0 saturated carbocycles. The molecule has 9 nitrogen and oxygen atoms in total. The van der Waals surface area contributed by atoms with Crippen LogP contribution in [0.25, 0.3) is 28.1 Å². The second-order valence-electron chi connectivity index (χ2n) is 6.83. The average molecular weight is 456 g/mol. The Bertz CT molecular complexity index is 1520. The Morgan fingerprint density at radius 2 is 2.06 bits per heavy atom. The second-order valence-corrected chi connectivity index (χ2v) is 7.24. The molecule has 162 valence electrons. The molecule has 0 fully saturated rings. The number of benzene rings is 1. The summed E-state index contributed by atoms with van der Waals surface area (Å²) in [6.45, 7) is 1.69. The topological polar surface area (TPSA) is 116 Å². The van der Waals surface area contributed by atoms with Crippen LogP contribution in [-0.4, -0.2) is 26.4 Å². The minimum atomic E-state index is -0.720. The van der Waals surface area contributed by atoms with Crippen molar-refractivity contribution in [1.82, 2.24) is 19.3 Å². The van der Waals surface area contributed by atoms with Crippen LogP contribution in [0.4, 0.5) is 4.39 Å². The highest BCUT2D eigenvalue weighted by Crippen LogP contribution is 2.35. The van der Waals surface area contributed by atoms with Gasteiger partial charge in [0.15, 0.2) is 11.6 Å². The lowest BCUT2D eigenvalue weighted by Crippen LogP contribution is -2.38. The van der Waals surface area contributed by atoms with Crippen LogP contribution in [-0.2, 0) is 6.54 Å². The van der Waals surface area contributed by atoms with Gasteiger partial charge >= 0.3 is 11.2 Å². The van der Waals surface area contributed by atoms with Gasteiger partial charge in [0.05, 0.1) is 47.7 Å². The SMILES string of the molecule is COc1cc(-c2cc3c(o2)c(=O)n(-c2cnnc(C)c2)c(=O)n3CCC#N)c(Cl)cc1F. The number of furan rings is 1. The molecule has 4 rings (SSSR count). The molecule has 4 aromatic rings. The van der Waals surface area contributed by atoms with Crippen LogP contribution in [0.2, 0.25) is 5.02 Å². The van der Waals surface area contributed by atoms with Crippen molar-refractivity contribution in [1.29, 1.82) is 5.26 Å². The fourth-order valence-electron chi connectivity index (χ4n) is 3.34. The van der Waals surface area contributed by atoms with Gasteiger partial charge in [-0.05, 0) is 25.1 Å². The summed E-state index contributed by atoms with van der Waals surface area (Å²) in [7, 11) is 1.30. The number of hydrogen-bond acceptors (Lipinski definition) is 7. The number of aromatic nitrogens is 4. The summed E-state index contributed by atoms with van der Waals surface area (Å²) in [4.78, 5) is 26.4. The highest BCUT2D eigenvalue weighted by atomic mass is 35.5.